The van der Waals surface area contributed by atoms with Gasteiger partial charge in [0, 0.05) is 25.0 Å². The molecule has 0 amide bonds. The molecule has 0 aliphatic rings. The third-order valence-corrected chi connectivity index (χ3v) is 3.34. The maximum Gasteiger partial charge on any atom is 0.141 e. The van der Waals surface area contributed by atoms with E-state index in [1.807, 2.05) is 24.0 Å². The van der Waals surface area contributed by atoms with E-state index in [1.165, 1.54) is 6.07 Å². The normalized spacial score (nSPS) is 12.6. The Hall–Kier alpha value is -1.39. The third-order valence-electron chi connectivity index (χ3n) is 3.05. The molecule has 1 N–H and O–H groups in total. The zero-order chi connectivity index (χ0) is 13.7. The molecule has 0 aliphatic heterocycles. The molecule has 5 heteroatoms. The number of nitrogens with zero attached hydrogens (tertiary/aromatic N) is 2. The first-order valence-corrected chi connectivity index (χ1v) is 6.68. The molecule has 1 aromatic carbocycles. The molecule has 19 heavy (non-hydrogen) atoms. The number of hydrogen-bond donors (Lipinski definition) is 1. The average molecular weight is 282 g/mol. The van der Waals surface area contributed by atoms with Crippen LogP contribution in [0.1, 0.15) is 24.9 Å². The van der Waals surface area contributed by atoms with Gasteiger partial charge in [-0.15, -0.1) is 0 Å². The van der Waals surface area contributed by atoms with E-state index < -0.39 is 0 Å². The van der Waals surface area contributed by atoms with Gasteiger partial charge in [0.15, 0.2) is 0 Å². The van der Waals surface area contributed by atoms with Crippen LogP contribution in [0.4, 0.5) is 4.39 Å². The Balaban J connectivity index is 1.77. The predicted molar refractivity (Wildman–Crippen MR) is 74.7 cm³/mol. The number of aromatic nitrogens is 2. The van der Waals surface area contributed by atoms with Gasteiger partial charge >= 0.3 is 0 Å². The molecule has 2 rings (SSSR count). The van der Waals surface area contributed by atoms with Gasteiger partial charge < -0.3 is 9.88 Å². The van der Waals surface area contributed by atoms with Crippen LogP contribution < -0.4 is 5.32 Å². The molecule has 0 saturated carbocycles. The summed E-state index contributed by atoms with van der Waals surface area (Å²) in [6.07, 6.45) is 6.54. The number of aryl methyl sites for hydroxylation is 1. The highest BCUT2D eigenvalue weighted by Crippen LogP contribution is 2.20. The molecular formula is C14H17ClFN3. The summed E-state index contributed by atoms with van der Waals surface area (Å²) in [5.74, 6) is -0.377. The monoisotopic (exact) mass is 281 g/mol. The van der Waals surface area contributed by atoms with Crippen molar-refractivity contribution in [3.8, 4) is 0 Å². The van der Waals surface area contributed by atoms with Crippen LogP contribution in [0.25, 0.3) is 0 Å². The summed E-state index contributed by atoms with van der Waals surface area (Å²) in [5.41, 5.74) is 0.994. The van der Waals surface area contributed by atoms with Crippen LogP contribution in [0.2, 0.25) is 5.02 Å². The van der Waals surface area contributed by atoms with Gasteiger partial charge in [-0.2, -0.15) is 0 Å². The molecule has 1 atom stereocenters. The number of nitrogens with one attached hydrogen (secondary N) is 1. The Kier molecular flexibility index (Phi) is 4.93. The van der Waals surface area contributed by atoms with Crippen LogP contribution in [-0.4, -0.2) is 16.1 Å². The second-order valence-corrected chi connectivity index (χ2v) is 4.91. The minimum absolute atomic E-state index is 0.154. The number of halogens is 2. The van der Waals surface area contributed by atoms with Crippen LogP contribution in [0.15, 0.2) is 36.9 Å². The first-order valence-electron chi connectivity index (χ1n) is 6.31. The summed E-state index contributed by atoms with van der Waals surface area (Å²) in [6.45, 7) is 3.86. The molecule has 3 nitrogen and oxygen atoms in total. The minimum atomic E-state index is -0.377. The van der Waals surface area contributed by atoms with Crippen LogP contribution in [0.3, 0.4) is 0 Å². The Morgan fingerprint density at radius 3 is 3.00 bits per heavy atom. The average Bonchev–Trinajstić information content (AvgIpc) is 2.91. The van der Waals surface area contributed by atoms with Gasteiger partial charge in [-0.05, 0) is 37.6 Å². The summed E-state index contributed by atoms with van der Waals surface area (Å²) < 4.78 is 15.1. The maximum atomic E-state index is 13.1. The van der Waals surface area contributed by atoms with Gasteiger partial charge in [0.05, 0.1) is 11.3 Å². The lowest BCUT2D eigenvalue weighted by molar-refractivity contribution is 0.525. The van der Waals surface area contributed by atoms with E-state index in [0.29, 0.717) is 0 Å². The van der Waals surface area contributed by atoms with Gasteiger partial charge in [0.1, 0.15) is 5.82 Å². The maximum absolute atomic E-state index is 13.1. The second-order valence-electron chi connectivity index (χ2n) is 4.50. The Labute approximate surface area is 117 Å². The zero-order valence-corrected chi connectivity index (χ0v) is 11.6. The van der Waals surface area contributed by atoms with E-state index in [0.717, 1.165) is 25.1 Å². The summed E-state index contributed by atoms with van der Waals surface area (Å²) in [6, 6.07) is 4.99. The Bertz CT molecular complexity index is 513. The van der Waals surface area contributed by atoms with Crippen molar-refractivity contribution in [1.82, 2.24) is 14.9 Å². The van der Waals surface area contributed by atoms with Crippen molar-refractivity contribution in [1.29, 1.82) is 0 Å². The number of rotatable bonds is 6. The Morgan fingerprint density at radius 2 is 2.32 bits per heavy atom. The lowest BCUT2D eigenvalue weighted by atomic mass is 10.1. The van der Waals surface area contributed by atoms with Crippen molar-refractivity contribution in [2.24, 2.45) is 0 Å². The molecule has 0 aliphatic carbocycles. The summed E-state index contributed by atoms with van der Waals surface area (Å²) >= 11 is 5.77. The smallest absolute Gasteiger partial charge is 0.141 e. The predicted octanol–water partition coefficient (Wildman–Crippen LogP) is 3.42. The lowest BCUT2D eigenvalue weighted by Crippen LogP contribution is -2.21. The van der Waals surface area contributed by atoms with Gasteiger partial charge in [-0.3, -0.25) is 0 Å². The first-order chi connectivity index (χ1) is 9.16. The van der Waals surface area contributed by atoms with Crippen LogP contribution >= 0.6 is 11.6 Å². The molecule has 1 unspecified atom stereocenters. The van der Waals surface area contributed by atoms with Crippen molar-refractivity contribution in [3.05, 3.63) is 53.3 Å². The Morgan fingerprint density at radius 1 is 1.47 bits per heavy atom. The molecular weight excluding hydrogens is 265 g/mol. The molecule has 0 spiro atoms. The molecule has 0 fully saturated rings. The van der Waals surface area contributed by atoms with E-state index >= 15 is 0 Å². The number of hydrogen-bond acceptors (Lipinski definition) is 2. The van der Waals surface area contributed by atoms with Crippen LogP contribution in [-0.2, 0) is 6.54 Å². The van der Waals surface area contributed by atoms with Crippen molar-refractivity contribution in [2.75, 3.05) is 6.54 Å². The van der Waals surface area contributed by atoms with Crippen molar-refractivity contribution in [3.63, 3.8) is 0 Å². The van der Waals surface area contributed by atoms with Crippen LogP contribution in [0, 0.1) is 5.82 Å². The van der Waals surface area contributed by atoms with Crippen LogP contribution in [0.5, 0.6) is 0 Å². The molecule has 102 valence electrons. The highest BCUT2D eigenvalue weighted by molar-refractivity contribution is 6.30. The van der Waals surface area contributed by atoms with E-state index in [-0.39, 0.29) is 16.9 Å². The zero-order valence-electron chi connectivity index (χ0n) is 10.8. The van der Waals surface area contributed by atoms with E-state index in [9.17, 15) is 4.39 Å². The molecule has 0 radical (unpaired) electrons. The topological polar surface area (TPSA) is 29.9 Å². The molecule has 0 bridgehead atoms. The lowest BCUT2D eigenvalue weighted by Gasteiger charge is -2.14. The highest BCUT2D eigenvalue weighted by Gasteiger charge is 2.07. The first kappa shape index (κ1) is 14.0. The van der Waals surface area contributed by atoms with E-state index in [4.69, 9.17) is 11.6 Å². The van der Waals surface area contributed by atoms with E-state index in [1.54, 1.807) is 18.3 Å². The molecule has 1 heterocycles. The van der Waals surface area contributed by atoms with Crippen molar-refractivity contribution < 1.29 is 4.39 Å². The second kappa shape index (κ2) is 6.68. The van der Waals surface area contributed by atoms with Gasteiger partial charge in [0.2, 0.25) is 0 Å². The van der Waals surface area contributed by atoms with Crippen molar-refractivity contribution >= 4 is 11.6 Å². The van der Waals surface area contributed by atoms with Gasteiger partial charge in [0.25, 0.3) is 0 Å². The van der Waals surface area contributed by atoms with Gasteiger partial charge in [-0.25, -0.2) is 9.37 Å². The number of imidazole rings is 1. The fraction of sp³-hybridized carbons (Fsp3) is 0.357. The molecule has 1 aromatic heterocycles. The SMILES string of the molecule is CC(NCCCn1ccnc1)c1ccc(F)c(Cl)c1. The van der Waals surface area contributed by atoms with E-state index in [2.05, 4.69) is 10.3 Å². The molecule has 2 aromatic rings. The quantitative estimate of drug-likeness (QED) is 0.822. The number of benzene rings is 1. The fourth-order valence-corrected chi connectivity index (χ4v) is 2.09. The van der Waals surface area contributed by atoms with Gasteiger partial charge in [-0.1, -0.05) is 17.7 Å². The summed E-state index contributed by atoms with van der Waals surface area (Å²) in [5, 5.41) is 3.56. The summed E-state index contributed by atoms with van der Waals surface area (Å²) in [4.78, 5) is 3.99. The largest absolute Gasteiger partial charge is 0.337 e. The van der Waals surface area contributed by atoms with Crippen molar-refractivity contribution in [2.45, 2.75) is 25.9 Å². The highest BCUT2D eigenvalue weighted by atomic mass is 35.5. The summed E-state index contributed by atoms with van der Waals surface area (Å²) in [7, 11) is 0. The fourth-order valence-electron chi connectivity index (χ4n) is 1.90. The third kappa shape index (κ3) is 4.04. The standard InChI is InChI=1S/C14H17ClFN3/c1-11(12-3-4-14(16)13(15)9-12)18-5-2-7-19-8-6-17-10-19/h3-4,6,8-11,18H,2,5,7H2,1H3. The molecule has 0 saturated heterocycles. The minimum Gasteiger partial charge on any atom is -0.337 e.